The van der Waals surface area contributed by atoms with Crippen LogP contribution in [0.5, 0.6) is 5.75 Å². The quantitative estimate of drug-likeness (QED) is 0.819. The molecule has 0 unspecified atom stereocenters. The molecule has 0 aromatic heterocycles. The molecule has 0 aliphatic rings. The first-order valence-electron chi connectivity index (χ1n) is 5.92. The predicted molar refractivity (Wildman–Crippen MR) is 83.0 cm³/mol. The molecule has 1 aromatic rings. The maximum Gasteiger partial charge on any atom is 0.190 e. The molecule has 0 radical (unpaired) electrons. The van der Waals surface area contributed by atoms with Gasteiger partial charge in [-0.25, -0.2) is 0 Å². The Kier molecular flexibility index (Phi) is 5.43. The Balaban J connectivity index is 3.29. The number of allylic oxidation sites excluding steroid dienone is 2. The highest BCUT2D eigenvalue weighted by Gasteiger charge is 2.36. The van der Waals surface area contributed by atoms with Gasteiger partial charge in [-0.2, -0.15) is 10.5 Å². The Morgan fingerprint density at radius 1 is 1.30 bits per heavy atom. The summed E-state index contributed by atoms with van der Waals surface area (Å²) in [5.41, 5.74) is 0.573. The van der Waals surface area contributed by atoms with E-state index in [1.807, 2.05) is 6.26 Å². The second kappa shape index (κ2) is 6.84. The number of methoxy groups -OCH3 is 1. The summed E-state index contributed by atoms with van der Waals surface area (Å²) in [6.07, 6.45) is 1.89. The summed E-state index contributed by atoms with van der Waals surface area (Å²) in [6.45, 7) is 5.74. The zero-order valence-corrected chi connectivity index (χ0v) is 12.6. The molecule has 0 N–H and O–H groups in total. The predicted octanol–water partition coefficient (Wildman–Crippen LogP) is 4.01. The third-order valence-electron chi connectivity index (χ3n) is 3.11. The van der Waals surface area contributed by atoms with Crippen LogP contribution in [-0.2, 0) is 0 Å². The number of hydrogen-bond acceptors (Lipinski definition) is 4. The molecule has 0 bridgehead atoms. The molecule has 0 saturated carbocycles. The molecule has 4 heteroatoms. The third kappa shape index (κ3) is 2.87. The van der Waals surface area contributed by atoms with Gasteiger partial charge in [-0.1, -0.05) is 18.7 Å². The molecule has 3 nitrogen and oxygen atoms in total. The molecule has 0 heterocycles. The lowest BCUT2D eigenvalue weighted by molar-refractivity contribution is 0.415. The fraction of sp³-hybridized carbons (Fsp3) is 0.250. The second-order valence-electron chi connectivity index (χ2n) is 4.22. The van der Waals surface area contributed by atoms with E-state index in [1.165, 1.54) is 11.8 Å². The number of rotatable bonds is 5. The second-order valence-corrected chi connectivity index (χ2v) is 4.92. The van der Waals surface area contributed by atoms with Gasteiger partial charge < -0.3 is 4.74 Å². The van der Waals surface area contributed by atoms with Crippen LogP contribution < -0.4 is 4.74 Å². The number of ether oxygens (including phenoxy) is 1. The summed E-state index contributed by atoms with van der Waals surface area (Å²) in [5.74, 6) is 0.720. The van der Waals surface area contributed by atoms with E-state index >= 15 is 0 Å². The van der Waals surface area contributed by atoms with Gasteiger partial charge in [0.05, 0.1) is 19.2 Å². The maximum atomic E-state index is 9.50. The van der Waals surface area contributed by atoms with Crippen LogP contribution in [0.2, 0.25) is 0 Å². The summed E-state index contributed by atoms with van der Waals surface area (Å²) in [6, 6.07) is 11.4. The molecule has 0 aliphatic carbocycles. The third-order valence-corrected chi connectivity index (χ3v) is 3.70. The fourth-order valence-electron chi connectivity index (χ4n) is 1.85. The number of hydrogen-bond donors (Lipinski definition) is 0. The van der Waals surface area contributed by atoms with E-state index in [4.69, 9.17) is 4.74 Å². The van der Waals surface area contributed by atoms with Crippen molar-refractivity contribution < 1.29 is 4.74 Å². The maximum absolute atomic E-state index is 9.50. The smallest absolute Gasteiger partial charge is 0.190 e. The monoisotopic (exact) mass is 284 g/mol. The van der Waals surface area contributed by atoms with Crippen LogP contribution in [0.15, 0.2) is 41.8 Å². The lowest BCUT2D eigenvalue weighted by Gasteiger charge is -2.22. The SMILES string of the molecule is C=C(c1ccc(OC)cc1)C(C#N)(C#N)C(C)=CSC. The Labute approximate surface area is 124 Å². The Morgan fingerprint density at radius 3 is 2.25 bits per heavy atom. The van der Waals surface area contributed by atoms with Crippen molar-refractivity contribution >= 4 is 17.3 Å². The van der Waals surface area contributed by atoms with Gasteiger partial charge >= 0.3 is 0 Å². The van der Waals surface area contributed by atoms with Crippen molar-refractivity contribution in [3.63, 3.8) is 0 Å². The lowest BCUT2D eigenvalue weighted by atomic mass is 9.75. The van der Waals surface area contributed by atoms with Gasteiger partial charge in [0.25, 0.3) is 0 Å². The first-order valence-corrected chi connectivity index (χ1v) is 7.21. The Hall–Kier alpha value is -2.17. The minimum atomic E-state index is -1.34. The van der Waals surface area contributed by atoms with E-state index in [-0.39, 0.29) is 0 Å². The average molecular weight is 284 g/mol. The van der Waals surface area contributed by atoms with Gasteiger partial charge in [0.1, 0.15) is 5.75 Å². The summed E-state index contributed by atoms with van der Waals surface area (Å²) < 4.78 is 5.10. The van der Waals surface area contributed by atoms with Crippen LogP contribution in [-0.4, -0.2) is 13.4 Å². The van der Waals surface area contributed by atoms with Crippen molar-refractivity contribution in [2.75, 3.05) is 13.4 Å². The summed E-state index contributed by atoms with van der Waals surface area (Å²) in [5, 5.41) is 20.8. The normalized spacial score (nSPS) is 11.3. The average Bonchev–Trinajstić information content (AvgIpc) is 2.49. The molecule has 0 saturated heterocycles. The van der Waals surface area contributed by atoms with Crippen LogP contribution in [0.3, 0.4) is 0 Å². The van der Waals surface area contributed by atoms with Crippen LogP contribution in [0.25, 0.3) is 5.57 Å². The molecule has 0 spiro atoms. The Morgan fingerprint density at radius 2 is 1.85 bits per heavy atom. The summed E-state index contributed by atoms with van der Waals surface area (Å²) in [4.78, 5) is 0. The van der Waals surface area contributed by atoms with E-state index in [9.17, 15) is 10.5 Å². The molecule has 1 aromatic carbocycles. The molecule has 0 aliphatic heterocycles. The number of thioether (sulfide) groups is 1. The summed E-state index contributed by atoms with van der Waals surface area (Å²) in [7, 11) is 1.59. The van der Waals surface area contributed by atoms with Crippen molar-refractivity contribution in [2.24, 2.45) is 5.41 Å². The van der Waals surface area contributed by atoms with Gasteiger partial charge in [0, 0.05) is 0 Å². The molecule has 0 atom stereocenters. The van der Waals surface area contributed by atoms with Crippen molar-refractivity contribution in [1.82, 2.24) is 0 Å². The molecule has 20 heavy (non-hydrogen) atoms. The molecular weight excluding hydrogens is 268 g/mol. The van der Waals surface area contributed by atoms with Crippen LogP contribution >= 0.6 is 11.8 Å². The topological polar surface area (TPSA) is 56.8 Å². The van der Waals surface area contributed by atoms with Gasteiger partial charge in [-0.3, -0.25) is 0 Å². The van der Waals surface area contributed by atoms with E-state index in [1.54, 1.807) is 43.7 Å². The van der Waals surface area contributed by atoms with Crippen LogP contribution in [0, 0.1) is 28.1 Å². The van der Waals surface area contributed by atoms with E-state index < -0.39 is 5.41 Å². The summed E-state index contributed by atoms with van der Waals surface area (Å²) >= 11 is 1.46. The van der Waals surface area contributed by atoms with Gasteiger partial charge in [0.2, 0.25) is 0 Å². The number of nitriles is 2. The number of nitrogens with zero attached hydrogens (tertiary/aromatic N) is 2. The minimum absolute atomic E-state index is 0.480. The van der Waals surface area contributed by atoms with Gasteiger partial charge in [-0.05, 0) is 47.4 Å². The molecule has 102 valence electrons. The van der Waals surface area contributed by atoms with E-state index in [0.717, 1.165) is 11.3 Å². The molecule has 0 fully saturated rings. The van der Waals surface area contributed by atoms with Gasteiger partial charge in [0.15, 0.2) is 5.41 Å². The standard InChI is InChI=1S/C16H16N2OS/c1-12(9-20-4)16(10-17,11-18)13(2)14-5-7-15(19-3)8-6-14/h5-9H,2H2,1,3-4H3. The van der Waals surface area contributed by atoms with Crippen LogP contribution in [0.4, 0.5) is 0 Å². The highest BCUT2D eigenvalue weighted by Crippen LogP contribution is 2.40. The molecule has 1 rings (SSSR count). The first kappa shape index (κ1) is 15.9. The largest absolute Gasteiger partial charge is 0.497 e. The zero-order chi connectivity index (χ0) is 15.2. The number of benzene rings is 1. The zero-order valence-electron chi connectivity index (χ0n) is 11.8. The Bertz CT molecular complexity index is 589. The van der Waals surface area contributed by atoms with Crippen molar-refractivity contribution in [1.29, 1.82) is 10.5 Å². The molecular formula is C16H16N2OS. The lowest BCUT2D eigenvalue weighted by Crippen LogP contribution is -2.19. The highest BCUT2D eigenvalue weighted by atomic mass is 32.2. The highest BCUT2D eigenvalue weighted by molar-refractivity contribution is 8.01. The first-order chi connectivity index (χ1) is 9.55. The molecule has 0 amide bonds. The van der Waals surface area contributed by atoms with Crippen molar-refractivity contribution in [3.8, 4) is 17.9 Å². The van der Waals surface area contributed by atoms with E-state index in [0.29, 0.717) is 11.1 Å². The van der Waals surface area contributed by atoms with E-state index in [2.05, 4.69) is 18.7 Å². The van der Waals surface area contributed by atoms with Crippen molar-refractivity contribution in [3.05, 3.63) is 47.4 Å². The van der Waals surface area contributed by atoms with Crippen molar-refractivity contribution in [2.45, 2.75) is 6.92 Å². The van der Waals surface area contributed by atoms with Crippen LogP contribution in [0.1, 0.15) is 12.5 Å². The fourth-order valence-corrected chi connectivity index (χ4v) is 2.38. The van der Waals surface area contributed by atoms with Gasteiger partial charge in [-0.15, -0.1) is 11.8 Å². The minimum Gasteiger partial charge on any atom is -0.497 e.